The fraction of sp³-hybridized carbons (Fsp3) is 0.208. The minimum atomic E-state index is -0.881. The van der Waals surface area contributed by atoms with E-state index in [0.29, 0.717) is 5.56 Å². The van der Waals surface area contributed by atoms with Gasteiger partial charge in [-0.15, -0.1) is 6.42 Å². The summed E-state index contributed by atoms with van der Waals surface area (Å²) in [5.41, 5.74) is -0.347. The number of hydrogen-bond donors (Lipinski definition) is 0. The first-order valence-corrected chi connectivity index (χ1v) is 10.4. The van der Waals surface area contributed by atoms with E-state index in [0.717, 1.165) is 12.8 Å². The van der Waals surface area contributed by atoms with Gasteiger partial charge in [0.05, 0.1) is 5.56 Å². The van der Waals surface area contributed by atoms with Crippen molar-refractivity contribution in [1.82, 2.24) is 0 Å². The SMILES string of the molecule is C#CC(C)(OC(=O)c1ccc(-[s+]2ccc3ccccc32)cc1)C1CC=CC1. The summed E-state index contributed by atoms with van der Waals surface area (Å²) >= 11 is 0. The summed E-state index contributed by atoms with van der Waals surface area (Å²) in [6.07, 6.45) is 11.6. The number of rotatable bonds is 4. The van der Waals surface area contributed by atoms with Crippen LogP contribution < -0.4 is 0 Å². The minimum Gasteiger partial charge on any atom is -0.442 e. The molecular weight excluding hydrogens is 352 g/mol. The number of carbonyl (C=O) groups excluding carboxylic acids is 1. The van der Waals surface area contributed by atoms with Crippen molar-refractivity contribution in [3.63, 3.8) is 0 Å². The highest BCUT2D eigenvalue weighted by Gasteiger charge is 2.36. The van der Waals surface area contributed by atoms with Crippen LogP contribution >= 0.6 is 10.5 Å². The number of terminal acetylenes is 1. The lowest BCUT2D eigenvalue weighted by Gasteiger charge is -2.30. The van der Waals surface area contributed by atoms with Crippen LogP contribution in [0.2, 0.25) is 0 Å². The van der Waals surface area contributed by atoms with Gasteiger partial charge < -0.3 is 4.74 Å². The number of esters is 1. The Kier molecular flexibility index (Phi) is 4.59. The van der Waals surface area contributed by atoms with Crippen LogP contribution in [0.4, 0.5) is 0 Å². The molecule has 2 unspecified atom stereocenters. The summed E-state index contributed by atoms with van der Waals surface area (Å²) in [5, 5.41) is 3.49. The molecule has 27 heavy (non-hydrogen) atoms. The first-order chi connectivity index (χ1) is 13.1. The van der Waals surface area contributed by atoms with Crippen molar-refractivity contribution < 1.29 is 9.53 Å². The molecule has 134 valence electrons. The van der Waals surface area contributed by atoms with Crippen molar-refractivity contribution >= 4 is 26.5 Å². The summed E-state index contributed by atoms with van der Waals surface area (Å²) in [6, 6.07) is 18.3. The van der Waals surface area contributed by atoms with Crippen molar-refractivity contribution in [2.45, 2.75) is 25.4 Å². The number of allylic oxidation sites excluding steroid dienone is 2. The Hall–Kier alpha value is -2.83. The van der Waals surface area contributed by atoms with Crippen molar-refractivity contribution in [1.29, 1.82) is 0 Å². The second-order valence-corrected chi connectivity index (χ2v) is 8.84. The van der Waals surface area contributed by atoms with E-state index < -0.39 is 5.60 Å². The molecule has 0 fully saturated rings. The van der Waals surface area contributed by atoms with E-state index in [1.807, 2.05) is 31.2 Å². The molecule has 0 radical (unpaired) electrons. The van der Waals surface area contributed by atoms with Crippen LogP contribution in [0.15, 0.2) is 72.1 Å². The van der Waals surface area contributed by atoms with Crippen molar-refractivity contribution in [2.24, 2.45) is 5.92 Å². The van der Waals surface area contributed by atoms with Crippen LogP contribution in [0.25, 0.3) is 15.0 Å². The van der Waals surface area contributed by atoms with Crippen LogP contribution in [0.1, 0.15) is 30.1 Å². The maximum atomic E-state index is 12.7. The van der Waals surface area contributed by atoms with Gasteiger partial charge in [0, 0.05) is 27.8 Å². The standard InChI is InChI=1S/C24H21O2S/c1-3-24(2,20-9-5-6-10-20)26-23(25)19-12-14-21(15-13-19)27-17-16-18-8-4-7-11-22(18)27/h1,4-8,11-17,20H,9-10H2,2H3/q+1. The lowest BCUT2D eigenvalue weighted by molar-refractivity contribution is -0.00682. The van der Waals surface area contributed by atoms with Gasteiger partial charge in [-0.1, -0.05) is 30.2 Å². The molecule has 0 saturated heterocycles. The molecular formula is C24H21O2S+. The molecule has 2 aromatic carbocycles. The summed E-state index contributed by atoms with van der Waals surface area (Å²) in [7, 11) is -0.0830. The van der Waals surface area contributed by atoms with Gasteiger partial charge in [0.2, 0.25) is 0 Å². The van der Waals surface area contributed by atoms with Crippen molar-refractivity contribution in [3.05, 3.63) is 77.7 Å². The molecule has 0 aliphatic heterocycles. The molecule has 1 aromatic heterocycles. The average molecular weight is 373 g/mol. The number of ether oxygens (including phenoxy) is 1. The first kappa shape index (κ1) is 17.6. The van der Waals surface area contributed by atoms with Gasteiger partial charge in [-0.2, -0.15) is 0 Å². The minimum absolute atomic E-state index is 0.0830. The number of hydrogen-bond acceptors (Lipinski definition) is 2. The first-order valence-electron chi connectivity index (χ1n) is 9.07. The maximum Gasteiger partial charge on any atom is 0.339 e. The van der Waals surface area contributed by atoms with Gasteiger partial charge in [-0.3, -0.25) is 0 Å². The van der Waals surface area contributed by atoms with Crippen molar-refractivity contribution in [2.75, 3.05) is 0 Å². The normalized spacial score (nSPS) is 16.8. The van der Waals surface area contributed by atoms with Crippen LogP contribution in [-0.4, -0.2) is 11.6 Å². The third kappa shape index (κ3) is 3.29. The van der Waals surface area contributed by atoms with E-state index in [1.165, 1.54) is 15.0 Å². The Bertz CT molecular complexity index is 1040. The van der Waals surface area contributed by atoms with Crippen LogP contribution in [0.5, 0.6) is 0 Å². The molecule has 1 aliphatic rings. The van der Waals surface area contributed by atoms with Gasteiger partial charge in [-0.05, 0) is 56.2 Å². The van der Waals surface area contributed by atoms with E-state index in [2.05, 4.69) is 53.8 Å². The van der Waals surface area contributed by atoms with E-state index in [9.17, 15) is 4.79 Å². The predicted octanol–water partition coefficient (Wildman–Crippen LogP) is 6.09. The topological polar surface area (TPSA) is 26.3 Å². The number of fused-ring (bicyclic) bond motifs is 1. The molecule has 2 atom stereocenters. The van der Waals surface area contributed by atoms with E-state index in [4.69, 9.17) is 11.2 Å². The van der Waals surface area contributed by atoms with E-state index in [1.54, 1.807) is 0 Å². The lowest BCUT2D eigenvalue weighted by atomic mass is 9.87. The van der Waals surface area contributed by atoms with Crippen LogP contribution in [-0.2, 0) is 4.74 Å². The van der Waals surface area contributed by atoms with Crippen LogP contribution in [0.3, 0.4) is 0 Å². The third-order valence-corrected chi connectivity index (χ3v) is 7.30. The molecule has 3 aromatic rings. The van der Waals surface area contributed by atoms with Crippen LogP contribution in [0, 0.1) is 18.3 Å². The zero-order valence-corrected chi connectivity index (χ0v) is 16.0. The second-order valence-electron chi connectivity index (χ2n) is 6.98. The highest BCUT2D eigenvalue weighted by Crippen LogP contribution is 2.39. The zero-order chi connectivity index (χ0) is 18.9. The summed E-state index contributed by atoms with van der Waals surface area (Å²) < 4.78 is 7.07. The predicted molar refractivity (Wildman–Crippen MR) is 112 cm³/mol. The molecule has 2 nitrogen and oxygen atoms in total. The Balaban J connectivity index is 1.55. The highest BCUT2D eigenvalue weighted by atomic mass is 32.2. The Morgan fingerprint density at radius 3 is 2.52 bits per heavy atom. The summed E-state index contributed by atoms with van der Waals surface area (Å²) in [4.78, 5) is 13.8. The number of carbonyl (C=O) groups is 1. The monoisotopic (exact) mass is 373 g/mol. The fourth-order valence-corrected chi connectivity index (χ4v) is 5.41. The molecule has 4 rings (SSSR count). The Labute approximate surface area is 162 Å². The molecule has 0 saturated carbocycles. The molecule has 0 bridgehead atoms. The maximum absolute atomic E-state index is 12.7. The van der Waals surface area contributed by atoms with E-state index in [-0.39, 0.29) is 22.4 Å². The van der Waals surface area contributed by atoms with Gasteiger partial charge in [0.1, 0.15) is 5.38 Å². The largest absolute Gasteiger partial charge is 0.442 e. The lowest BCUT2D eigenvalue weighted by Crippen LogP contribution is -2.37. The fourth-order valence-electron chi connectivity index (χ4n) is 3.53. The van der Waals surface area contributed by atoms with E-state index >= 15 is 0 Å². The second kappa shape index (κ2) is 7.06. The molecule has 1 heterocycles. The van der Waals surface area contributed by atoms with Crippen molar-refractivity contribution in [3.8, 4) is 17.2 Å². The van der Waals surface area contributed by atoms with Gasteiger partial charge in [0.15, 0.2) is 15.2 Å². The molecule has 0 spiro atoms. The summed E-state index contributed by atoms with van der Waals surface area (Å²) in [5.74, 6) is 2.48. The summed E-state index contributed by atoms with van der Waals surface area (Å²) in [6.45, 7) is 1.83. The zero-order valence-electron chi connectivity index (χ0n) is 15.2. The van der Waals surface area contributed by atoms with Gasteiger partial charge >= 0.3 is 5.97 Å². The average Bonchev–Trinajstić information content (AvgIpc) is 3.38. The highest BCUT2D eigenvalue weighted by molar-refractivity contribution is 7.43. The number of benzene rings is 2. The smallest absolute Gasteiger partial charge is 0.339 e. The van der Waals surface area contributed by atoms with Gasteiger partial charge in [0.25, 0.3) is 0 Å². The quantitative estimate of drug-likeness (QED) is 0.239. The Morgan fingerprint density at radius 1 is 1.11 bits per heavy atom. The Morgan fingerprint density at radius 2 is 1.81 bits per heavy atom. The molecule has 3 heteroatoms. The number of thiophene rings is 1. The van der Waals surface area contributed by atoms with Gasteiger partial charge in [-0.25, -0.2) is 4.79 Å². The molecule has 0 amide bonds. The molecule has 0 N–H and O–H groups in total. The third-order valence-electron chi connectivity index (χ3n) is 5.26. The molecule has 1 aliphatic carbocycles.